The van der Waals surface area contributed by atoms with Crippen LogP contribution < -0.4 is 10.5 Å². The number of nitrogens with one attached hydrogen (secondary N) is 1. The molecular formula is C25H32FN5O4S. The molecule has 0 spiro atoms. The maximum Gasteiger partial charge on any atom is 0.338 e. The first-order valence-electron chi connectivity index (χ1n) is 11.1. The van der Waals surface area contributed by atoms with Crippen LogP contribution in [-0.2, 0) is 16.6 Å². The predicted molar refractivity (Wildman–Crippen MR) is 136 cm³/mol. The summed E-state index contributed by atoms with van der Waals surface area (Å²) in [6, 6.07) is 12.5. The van der Waals surface area contributed by atoms with E-state index in [2.05, 4.69) is 14.7 Å². The van der Waals surface area contributed by atoms with E-state index in [1.54, 1.807) is 30.3 Å². The molecular weight excluding hydrogens is 485 g/mol. The lowest BCUT2D eigenvalue weighted by atomic mass is 9.93. The van der Waals surface area contributed by atoms with Gasteiger partial charge in [0.1, 0.15) is 5.82 Å². The van der Waals surface area contributed by atoms with E-state index in [9.17, 15) is 17.6 Å². The Kier molecular flexibility index (Phi) is 10.2. The molecule has 1 aromatic heterocycles. The Balaban J connectivity index is 0.000000259. The van der Waals surface area contributed by atoms with Crippen LogP contribution in [0.4, 0.5) is 4.39 Å². The van der Waals surface area contributed by atoms with Gasteiger partial charge >= 0.3 is 5.97 Å². The van der Waals surface area contributed by atoms with Crippen molar-refractivity contribution in [2.24, 2.45) is 11.1 Å². The van der Waals surface area contributed by atoms with Gasteiger partial charge in [0, 0.05) is 37.6 Å². The summed E-state index contributed by atoms with van der Waals surface area (Å²) in [7, 11) is 0.460. The largest absolute Gasteiger partial charge is 0.478 e. The number of nitrogens with two attached hydrogens (primary N) is 1. The third-order valence-corrected chi connectivity index (χ3v) is 6.31. The summed E-state index contributed by atoms with van der Waals surface area (Å²) in [5.41, 5.74) is 6.72. The third kappa shape index (κ3) is 9.08. The quantitative estimate of drug-likeness (QED) is 0.394. The van der Waals surface area contributed by atoms with Crippen molar-refractivity contribution in [2.45, 2.75) is 25.3 Å². The van der Waals surface area contributed by atoms with Gasteiger partial charge in [-0.15, -0.1) is 0 Å². The number of hydrogen-bond acceptors (Lipinski definition) is 7. The van der Waals surface area contributed by atoms with Crippen molar-refractivity contribution in [2.75, 3.05) is 27.2 Å². The number of hydrogen-bond donors (Lipinski definition) is 3. The number of nitrogens with zero attached hydrogens (tertiary/aromatic N) is 3. The van der Waals surface area contributed by atoms with Crippen LogP contribution in [0.1, 0.15) is 29.8 Å². The second-order valence-corrected chi connectivity index (χ2v) is 11.0. The second kappa shape index (κ2) is 12.6. The highest BCUT2D eigenvalue weighted by Gasteiger charge is 2.23. The highest BCUT2D eigenvalue weighted by atomic mass is 32.2. The van der Waals surface area contributed by atoms with Gasteiger partial charge in [-0.2, -0.15) is 0 Å². The van der Waals surface area contributed by atoms with E-state index in [1.165, 1.54) is 24.5 Å². The molecule has 0 saturated heterocycles. The summed E-state index contributed by atoms with van der Waals surface area (Å²) in [6.45, 7) is 5.59. The Morgan fingerprint density at radius 1 is 1.11 bits per heavy atom. The first kappa shape index (κ1) is 29.0. The molecule has 2 aromatic carbocycles. The zero-order chi connectivity index (χ0) is 26.9. The molecule has 0 saturated carbocycles. The van der Waals surface area contributed by atoms with Gasteiger partial charge in [0.05, 0.1) is 10.5 Å². The Labute approximate surface area is 211 Å². The maximum atomic E-state index is 12.9. The van der Waals surface area contributed by atoms with E-state index in [0.717, 1.165) is 12.1 Å². The zero-order valence-electron chi connectivity index (χ0n) is 20.8. The average Bonchev–Trinajstić information content (AvgIpc) is 2.83. The highest BCUT2D eigenvalue weighted by molar-refractivity contribution is 7.89. The van der Waals surface area contributed by atoms with Crippen molar-refractivity contribution in [3.05, 3.63) is 77.9 Å². The van der Waals surface area contributed by atoms with Gasteiger partial charge in [-0.25, -0.2) is 32.3 Å². The van der Waals surface area contributed by atoms with E-state index in [0.29, 0.717) is 24.5 Å². The number of carboxylic acid groups (broad SMARTS) is 1. The fraction of sp³-hybridized carbons (Fsp3) is 0.320. The molecule has 11 heteroatoms. The van der Waals surface area contributed by atoms with Crippen LogP contribution in [-0.4, -0.2) is 61.5 Å². The number of halogens is 1. The fourth-order valence-corrected chi connectivity index (χ4v) is 4.65. The molecule has 0 bridgehead atoms. The van der Waals surface area contributed by atoms with Gasteiger partial charge in [-0.1, -0.05) is 38.1 Å². The van der Waals surface area contributed by atoms with Gasteiger partial charge in [0.2, 0.25) is 10.0 Å². The maximum absolute atomic E-state index is 12.9. The Hall–Kier alpha value is -3.25. The van der Waals surface area contributed by atoms with Crippen molar-refractivity contribution in [1.29, 1.82) is 0 Å². The molecule has 36 heavy (non-hydrogen) atoms. The second-order valence-electron chi connectivity index (χ2n) is 9.19. The standard InChI is InChI=1S/C14H25N3O2S.C11H7FN2O2/c1-14(2,11-17(3)4)10-16-20(18,19)13-7-5-6-12(8-13)9-15;12-9-3-1-2-7(4-9)10-13-5-8(6-14-10)11(15)16/h5-8,16H,9-11,15H2,1-4H3;1-6H,(H,15,16). The molecule has 0 aliphatic rings. The normalized spacial score (nSPS) is 11.6. The molecule has 0 radical (unpaired) electrons. The minimum absolute atomic E-state index is 0.000142. The number of carboxylic acids is 1. The molecule has 4 N–H and O–H groups in total. The van der Waals surface area contributed by atoms with Gasteiger partial charge in [0.15, 0.2) is 5.82 Å². The summed E-state index contributed by atoms with van der Waals surface area (Å²) in [6.07, 6.45) is 2.38. The molecule has 0 atom stereocenters. The number of benzene rings is 2. The Morgan fingerprint density at radius 2 is 1.75 bits per heavy atom. The van der Waals surface area contributed by atoms with Crippen LogP contribution in [0, 0.1) is 11.2 Å². The number of carbonyl (C=O) groups is 1. The summed E-state index contributed by atoms with van der Waals surface area (Å²) >= 11 is 0. The molecule has 0 amide bonds. The molecule has 3 aromatic rings. The average molecular weight is 518 g/mol. The molecule has 3 rings (SSSR count). The molecule has 0 fully saturated rings. The summed E-state index contributed by atoms with van der Waals surface area (Å²) in [5.74, 6) is -1.18. The molecule has 0 aliphatic carbocycles. The molecule has 0 aliphatic heterocycles. The van der Waals surface area contributed by atoms with E-state index >= 15 is 0 Å². The van der Waals surface area contributed by atoms with Crippen molar-refractivity contribution >= 4 is 16.0 Å². The van der Waals surface area contributed by atoms with Gasteiger partial charge in [0.25, 0.3) is 0 Å². The van der Waals surface area contributed by atoms with Crippen LogP contribution in [0.15, 0.2) is 65.8 Å². The lowest BCUT2D eigenvalue weighted by Gasteiger charge is -2.28. The van der Waals surface area contributed by atoms with E-state index in [1.807, 2.05) is 38.9 Å². The minimum atomic E-state index is -3.49. The van der Waals surface area contributed by atoms with Gasteiger partial charge in [-0.05, 0) is 49.3 Å². The number of sulfonamides is 1. The van der Waals surface area contributed by atoms with Crippen LogP contribution >= 0.6 is 0 Å². The zero-order valence-corrected chi connectivity index (χ0v) is 21.6. The Bertz CT molecular complexity index is 1270. The number of aromatic carboxylic acids is 1. The molecule has 1 heterocycles. The first-order valence-corrected chi connectivity index (χ1v) is 12.6. The van der Waals surface area contributed by atoms with Crippen LogP contribution in [0.2, 0.25) is 0 Å². The summed E-state index contributed by atoms with van der Waals surface area (Å²) in [5, 5.41) is 8.65. The van der Waals surface area contributed by atoms with Crippen LogP contribution in [0.25, 0.3) is 11.4 Å². The first-order chi connectivity index (χ1) is 16.8. The number of aromatic nitrogens is 2. The minimum Gasteiger partial charge on any atom is -0.478 e. The predicted octanol–water partition coefficient (Wildman–Crippen LogP) is 2.99. The van der Waals surface area contributed by atoms with Crippen LogP contribution in [0.5, 0.6) is 0 Å². The fourth-order valence-electron chi connectivity index (χ4n) is 3.34. The van der Waals surface area contributed by atoms with E-state index in [4.69, 9.17) is 10.8 Å². The SMILES string of the molecule is CN(C)CC(C)(C)CNS(=O)(=O)c1cccc(CN)c1.O=C(O)c1cnc(-c2cccc(F)c2)nc1. The lowest BCUT2D eigenvalue weighted by Crippen LogP contribution is -2.39. The van der Waals surface area contributed by atoms with E-state index in [-0.39, 0.29) is 21.7 Å². The van der Waals surface area contributed by atoms with Gasteiger partial charge < -0.3 is 15.7 Å². The molecule has 9 nitrogen and oxygen atoms in total. The summed E-state index contributed by atoms with van der Waals surface area (Å²) < 4.78 is 40.1. The van der Waals surface area contributed by atoms with Crippen molar-refractivity contribution in [3.63, 3.8) is 0 Å². The van der Waals surface area contributed by atoms with Crippen molar-refractivity contribution < 1.29 is 22.7 Å². The highest BCUT2D eigenvalue weighted by Crippen LogP contribution is 2.17. The van der Waals surface area contributed by atoms with Crippen LogP contribution in [0.3, 0.4) is 0 Å². The molecule has 194 valence electrons. The third-order valence-electron chi connectivity index (χ3n) is 4.91. The van der Waals surface area contributed by atoms with E-state index < -0.39 is 16.0 Å². The monoisotopic (exact) mass is 517 g/mol. The van der Waals surface area contributed by atoms with Crippen molar-refractivity contribution in [1.82, 2.24) is 19.6 Å². The molecule has 0 unspecified atom stereocenters. The van der Waals surface area contributed by atoms with Crippen molar-refractivity contribution in [3.8, 4) is 11.4 Å². The number of rotatable bonds is 9. The smallest absolute Gasteiger partial charge is 0.338 e. The Morgan fingerprint density at radius 3 is 2.31 bits per heavy atom. The lowest BCUT2D eigenvalue weighted by molar-refractivity contribution is 0.0696. The topological polar surface area (TPSA) is 139 Å². The summed E-state index contributed by atoms with van der Waals surface area (Å²) in [4.78, 5) is 20.6. The van der Waals surface area contributed by atoms with Gasteiger partial charge in [-0.3, -0.25) is 0 Å².